The van der Waals surface area contributed by atoms with E-state index < -0.39 is 0 Å². The molecule has 2 heterocycles. The third-order valence-electron chi connectivity index (χ3n) is 3.74. The Labute approximate surface area is 129 Å². The summed E-state index contributed by atoms with van der Waals surface area (Å²) in [4.78, 5) is 8.66. The van der Waals surface area contributed by atoms with Crippen molar-refractivity contribution in [1.29, 1.82) is 0 Å². The fourth-order valence-corrected chi connectivity index (χ4v) is 2.59. The second-order valence-electron chi connectivity index (χ2n) is 5.37. The van der Waals surface area contributed by atoms with Gasteiger partial charge in [-0.1, -0.05) is 12.1 Å². The van der Waals surface area contributed by atoms with Gasteiger partial charge in [0.05, 0.1) is 12.1 Å². The number of nitrogens with one attached hydrogen (secondary N) is 1. The number of fused-ring (bicyclic) bond motifs is 1. The number of aliphatic hydroxyl groups excluding tert-OH is 1. The van der Waals surface area contributed by atoms with Gasteiger partial charge in [-0.25, -0.2) is 4.98 Å². The number of benzene rings is 1. The van der Waals surface area contributed by atoms with Gasteiger partial charge in [0.1, 0.15) is 5.82 Å². The molecule has 0 amide bonds. The molecule has 2 aromatic rings. The van der Waals surface area contributed by atoms with E-state index in [1.807, 2.05) is 18.4 Å². The van der Waals surface area contributed by atoms with E-state index in [1.165, 1.54) is 5.57 Å². The van der Waals surface area contributed by atoms with Crippen molar-refractivity contribution >= 4 is 34.2 Å². The fraction of sp³-hybridized carbons (Fsp3) is 0.294. The molecule has 1 aromatic carbocycles. The van der Waals surface area contributed by atoms with E-state index in [9.17, 15) is 0 Å². The molecule has 1 aromatic heterocycles. The molecule has 1 aliphatic heterocycles. The van der Waals surface area contributed by atoms with Crippen LogP contribution in [0.4, 0.5) is 11.5 Å². The molecular weight excluding hydrogens is 276 g/mol. The number of aromatic nitrogens is 1. The van der Waals surface area contributed by atoms with Crippen molar-refractivity contribution in [3.05, 3.63) is 35.9 Å². The summed E-state index contributed by atoms with van der Waals surface area (Å²) < 4.78 is 0. The van der Waals surface area contributed by atoms with Crippen molar-refractivity contribution in [1.82, 2.24) is 4.98 Å². The number of nitrogens with two attached hydrogens (primary N) is 1. The summed E-state index contributed by atoms with van der Waals surface area (Å²) in [6.45, 7) is 1.75. The summed E-state index contributed by atoms with van der Waals surface area (Å²) in [5, 5.41) is 13.3. The lowest BCUT2D eigenvalue weighted by atomic mass is 10.0. The third kappa shape index (κ3) is 3.09. The molecule has 0 unspecified atom stereocenters. The quantitative estimate of drug-likeness (QED) is 0.715. The average molecular weight is 296 g/mol. The smallest absolute Gasteiger partial charge is 0.126 e. The minimum atomic E-state index is 0.224. The molecule has 0 spiro atoms. The van der Waals surface area contributed by atoms with Crippen molar-refractivity contribution < 1.29 is 5.11 Å². The van der Waals surface area contributed by atoms with Gasteiger partial charge < -0.3 is 16.2 Å². The van der Waals surface area contributed by atoms with Gasteiger partial charge in [0, 0.05) is 36.5 Å². The van der Waals surface area contributed by atoms with Gasteiger partial charge in [-0.15, -0.1) is 0 Å². The molecule has 114 valence electrons. The number of hydrogen-bond acceptors (Lipinski definition) is 5. The Bertz CT molecular complexity index is 737. The molecule has 22 heavy (non-hydrogen) atoms. The number of anilines is 2. The van der Waals surface area contributed by atoms with E-state index in [0.29, 0.717) is 5.82 Å². The number of unbranched alkanes of at least 4 members (excludes halogenated alkanes) is 1. The maximum Gasteiger partial charge on any atom is 0.126 e. The van der Waals surface area contributed by atoms with Crippen LogP contribution in [0.2, 0.25) is 0 Å². The van der Waals surface area contributed by atoms with Crippen molar-refractivity contribution in [2.24, 2.45) is 4.99 Å². The van der Waals surface area contributed by atoms with Gasteiger partial charge >= 0.3 is 0 Å². The minimum Gasteiger partial charge on any atom is -0.396 e. The molecule has 0 radical (unpaired) electrons. The van der Waals surface area contributed by atoms with Gasteiger partial charge in [0.25, 0.3) is 0 Å². The van der Waals surface area contributed by atoms with Gasteiger partial charge in [-0.05, 0) is 36.1 Å². The predicted octanol–water partition coefficient (Wildman–Crippen LogP) is 2.47. The topological polar surface area (TPSA) is 83.5 Å². The lowest BCUT2D eigenvalue weighted by Gasteiger charge is -2.12. The normalized spacial score (nSPS) is 13.6. The molecule has 5 nitrogen and oxygen atoms in total. The van der Waals surface area contributed by atoms with Crippen molar-refractivity contribution in [3.63, 3.8) is 0 Å². The first-order valence-electron chi connectivity index (χ1n) is 7.52. The highest BCUT2D eigenvalue weighted by Gasteiger charge is 2.09. The largest absolute Gasteiger partial charge is 0.396 e. The Kier molecular flexibility index (Phi) is 4.34. The first kappa shape index (κ1) is 14.5. The second kappa shape index (κ2) is 6.58. The van der Waals surface area contributed by atoms with Gasteiger partial charge in [0.15, 0.2) is 0 Å². The number of aliphatic hydroxyl groups is 1. The SMILES string of the molecule is Nc1cc(NCCCCO)c2ccc(C3=CC=NC3)cc2n1. The van der Waals surface area contributed by atoms with E-state index in [0.717, 1.165) is 48.1 Å². The Morgan fingerprint density at radius 3 is 2.91 bits per heavy atom. The van der Waals surface area contributed by atoms with Crippen LogP contribution in [-0.2, 0) is 0 Å². The zero-order valence-electron chi connectivity index (χ0n) is 12.4. The zero-order chi connectivity index (χ0) is 15.4. The zero-order valence-corrected chi connectivity index (χ0v) is 12.4. The highest BCUT2D eigenvalue weighted by molar-refractivity contribution is 5.96. The summed E-state index contributed by atoms with van der Waals surface area (Å²) in [6, 6.07) is 8.09. The molecule has 0 bridgehead atoms. The molecule has 0 fully saturated rings. The van der Waals surface area contributed by atoms with Crippen molar-refractivity contribution in [2.45, 2.75) is 12.8 Å². The van der Waals surface area contributed by atoms with Crippen LogP contribution in [0, 0.1) is 0 Å². The van der Waals surface area contributed by atoms with Crippen LogP contribution in [0.3, 0.4) is 0 Å². The first-order valence-corrected chi connectivity index (χ1v) is 7.52. The minimum absolute atomic E-state index is 0.224. The van der Waals surface area contributed by atoms with E-state index in [-0.39, 0.29) is 6.61 Å². The fourth-order valence-electron chi connectivity index (χ4n) is 2.59. The van der Waals surface area contributed by atoms with Crippen molar-refractivity contribution in [2.75, 3.05) is 30.7 Å². The number of aliphatic imine (C=N–C) groups is 1. The van der Waals surface area contributed by atoms with Crippen LogP contribution in [0.5, 0.6) is 0 Å². The molecule has 3 rings (SSSR count). The number of nitrogens with zero attached hydrogens (tertiary/aromatic N) is 2. The second-order valence-corrected chi connectivity index (χ2v) is 5.37. The number of allylic oxidation sites excluding steroid dienone is 1. The Balaban J connectivity index is 1.89. The van der Waals surface area contributed by atoms with Crippen LogP contribution in [0.15, 0.2) is 35.3 Å². The summed E-state index contributed by atoms with van der Waals surface area (Å²) in [5.74, 6) is 0.506. The molecule has 0 atom stereocenters. The van der Waals surface area contributed by atoms with Crippen LogP contribution in [-0.4, -0.2) is 36.0 Å². The number of rotatable bonds is 6. The Hall–Kier alpha value is -2.40. The molecular formula is C17H20N4O. The van der Waals surface area contributed by atoms with Gasteiger partial charge in [0.2, 0.25) is 0 Å². The first-order chi connectivity index (χ1) is 10.8. The van der Waals surface area contributed by atoms with E-state index in [4.69, 9.17) is 10.8 Å². The number of nitrogen functional groups attached to an aromatic ring is 1. The number of pyridine rings is 1. The molecule has 4 N–H and O–H groups in total. The Morgan fingerprint density at radius 2 is 2.14 bits per heavy atom. The van der Waals surface area contributed by atoms with Crippen molar-refractivity contribution in [3.8, 4) is 0 Å². The van der Waals surface area contributed by atoms with Crippen LogP contribution in [0.25, 0.3) is 16.5 Å². The summed E-state index contributed by atoms with van der Waals surface area (Å²) >= 11 is 0. The highest BCUT2D eigenvalue weighted by atomic mass is 16.2. The van der Waals surface area contributed by atoms with Crippen LogP contribution >= 0.6 is 0 Å². The molecule has 1 aliphatic rings. The third-order valence-corrected chi connectivity index (χ3v) is 3.74. The average Bonchev–Trinajstić information content (AvgIpc) is 3.05. The maximum absolute atomic E-state index is 8.84. The van der Waals surface area contributed by atoms with E-state index in [2.05, 4.69) is 33.5 Å². The summed E-state index contributed by atoms with van der Waals surface area (Å²) in [7, 11) is 0. The molecule has 0 saturated heterocycles. The molecule has 0 saturated carbocycles. The highest BCUT2D eigenvalue weighted by Crippen LogP contribution is 2.28. The molecule has 5 heteroatoms. The maximum atomic E-state index is 8.84. The van der Waals surface area contributed by atoms with E-state index in [1.54, 1.807) is 0 Å². The lowest BCUT2D eigenvalue weighted by molar-refractivity contribution is 0.286. The van der Waals surface area contributed by atoms with Crippen LogP contribution in [0.1, 0.15) is 18.4 Å². The monoisotopic (exact) mass is 296 g/mol. The van der Waals surface area contributed by atoms with E-state index >= 15 is 0 Å². The van der Waals surface area contributed by atoms with Gasteiger partial charge in [-0.3, -0.25) is 4.99 Å². The lowest BCUT2D eigenvalue weighted by Crippen LogP contribution is -2.04. The number of hydrogen-bond donors (Lipinski definition) is 3. The predicted molar refractivity (Wildman–Crippen MR) is 92.3 cm³/mol. The van der Waals surface area contributed by atoms with Gasteiger partial charge in [-0.2, -0.15) is 0 Å². The summed E-state index contributed by atoms with van der Waals surface area (Å²) in [5.41, 5.74) is 10.1. The summed E-state index contributed by atoms with van der Waals surface area (Å²) in [6.07, 6.45) is 5.58. The Morgan fingerprint density at radius 1 is 1.23 bits per heavy atom. The standard InChI is InChI=1S/C17H20N4O/c18-17-10-15(20-6-1-2-8-22)14-4-3-12(9-16(14)21-17)13-5-7-19-11-13/h3-5,7,9-10,22H,1-2,6,8,11H2,(H3,18,20,21). The molecule has 0 aliphatic carbocycles. The van der Waals surface area contributed by atoms with Crippen LogP contribution < -0.4 is 11.1 Å².